The van der Waals surface area contributed by atoms with E-state index in [-0.39, 0.29) is 11.9 Å². The number of carbonyl (C=O) groups excluding carboxylic acids is 1. The Morgan fingerprint density at radius 3 is 3.24 bits per heavy atom. The molecule has 0 saturated carbocycles. The molecule has 17 heavy (non-hydrogen) atoms. The number of rotatable bonds is 4. The quantitative estimate of drug-likeness (QED) is 0.773. The summed E-state index contributed by atoms with van der Waals surface area (Å²) in [5.74, 6) is 3.15. The average molecular weight is 256 g/mol. The molecule has 1 fully saturated rings. The van der Waals surface area contributed by atoms with Gasteiger partial charge in [-0.15, -0.1) is 0 Å². The highest BCUT2D eigenvalue weighted by Gasteiger charge is 2.20. The fourth-order valence-electron chi connectivity index (χ4n) is 1.60. The highest BCUT2D eigenvalue weighted by atomic mass is 32.2. The van der Waals surface area contributed by atoms with Gasteiger partial charge in [-0.3, -0.25) is 4.79 Å². The topological polar surface area (TPSA) is 80.0 Å². The molecule has 1 atom stereocenters. The largest absolute Gasteiger partial charge is 0.354 e. The van der Waals surface area contributed by atoms with Crippen LogP contribution in [0.4, 0.5) is 0 Å². The lowest BCUT2D eigenvalue weighted by molar-refractivity contribution is -0.122. The van der Waals surface area contributed by atoms with Crippen LogP contribution in [0, 0.1) is 6.92 Å². The summed E-state index contributed by atoms with van der Waals surface area (Å²) in [6.45, 7) is 3.19. The number of hydrogen-bond donors (Lipinski definition) is 2. The van der Waals surface area contributed by atoms with Crippen molar-refractivity contribution in [2.75, 3.05) is 24.6 Å². The van der Waals surface area contributed by atoms with E-state index >= 15 is 0 Å². The van der Waals surface area contributed by atoms with Gasteiger partial charge >= 0.3 is 0 Å². The van der Waals surface area contributed by atoms with Gasteiger partial charge in [-0.25, -0.2) is 0 Å². The molecule has 7 heteroatoms. The minimum atomic E-state index is -0.0687. The molecule has 1 amide bonds. The van der Waals surface area contributed by atoms with Crippen LogP contribution in [0.25, 0.3) is 0 Å². The maximum absolute atomic E-state index is 11.7. The molecular formula is C10H16N4O2S. The zero-order chi connectivity index (χ0) is 12.1. The Morgan fingerprint density at radius 1 is 1.71 bits per heavy atom. The summed E-state index contributed by atoms with van der Waals surface area (Å²) in [6, 6.07) is -0.0687. The Morgan fingerprint density at radius 2 is 2.59 bits per heavy atom. The maximum atomic E-state index is 11.7. The molecule has 94 valence electrons. The van der Waals surface area contributed by atoms with E-state index in [1.165, 1.54) is 0 Å². The second-order valence-corrected chi connectivity index (χ2v) is 5.00. The van der Waals surface area contributed by atoms with E-state index < -0.39 is 0 Å². The second kappa shape index (κ2) is 6.02. The van der Waals surface area contributed by atoms with Gasteiger partial charge < -0.3 is 15.2 Å². The van der Waals surface area contributed by atoms with Crippen LogP contribution in [0.2, 0.25) is 0 Å². The predicted molar refractivity (Wildman–Crippen MR) is 64.9 cm³/mol. The number of nitrogens with zero attached hydrogens (tertiary/aromatic N) is 2. The van der Waals surface area contributed by atoms with Crippen molar-refractivity contribution >= 4 is 17.7 Å². The first kappa shape index (κ1) is 12.4. The van der Waals surface area contributed by atoms with E-state index in [1.807, 2.05) is 0 Å². The Hall–Kier alpha value is -1.08. The fraction of sp³-hybridized carbons (Fsp3) is 0.700. The van der Waals surface area contributed by atoms with E-state index in [2.05, 4.69) is 20.8 Å². The summed E-state index contributed by atoms with van der Waals surface area (Å²) in [5, 5.41) is 9.83. The zero-order valence-electron chi connectivity index (χ0n) is 9.73. The standard InChI is InChI=1S/C10H16N4O2S/c1-7-13-9(14-16-7)2-3-12-10(15)8-6-17-5-4-11-8/h8,11H,2-6H2,1H3,(H,12,15). The van der Waals surface area contributed by atoms with Gasteiger partial charge in [0.25, 0.3) is 0 Å². The number of thioether (sulfide) groups is 1. The van der Waals surface area contributed by atoms with Crippen LogP contribution in [-0.2, 0) is 11.2 Å². The lowest BCUT2D eigenvalue weighted by atomic mass is 10.3. The third kappa shape index (κ3) is 3.71. The van der Waals surface area contributed by atoms with E-state index in [1.54, 1.807) is 18.7 Å². The van der Waals surface area contributed by atoms with Gasteiger partial charge in [0.15, 0.2) is 5.82 Å². The van der Waals surface area contributed by atoms with Crippen molar-refractivity contribution in [1.29, 1.82) is 0 Å². The Kier molecular flexibility index (Phi) is 4.38. The second-order valence-electron chi connectivity index (χ2n) is 3.85. The predicted octanol–water partition coefficient (Wildman–Crippen LogP) is -0.258. The summed E-state index contributed by atoms with van der Waals surface area (Å²) in [5.41, 5.74) is 0. The fourth-order valence-corrected chi connectivity index (χ4v) is 2.53. The van der Waals surface area contributed by atoms with Crippen LogP contribution in [0.5, 0.6) is 0 Å². The average Bonchev–Trinajstić information content (AvgIpc) is 2.76. The summed E-state index contributed by atoms with van der Waals surface area (Å²) in [6.07, 6.45) is 0.600. The molecule has 0 aromatic carbocycles. The smallest absolute Gasteiger partial charge is 0.238 e. The van der Waals surface area contributed by atoms with Gasteiger partial charge in [-0.05, 0) is 0 Å². The monoisotopic (exact) mass is 256 g/mol. The first-order valence-corrected chi connectivity index (χ1v) is 6.79. The van der Waals surface area contributed by atoms with Crippen molar-refractivity contribution in [3.63, 3.8) is 0 Å². The maximum Gasteiger partial charge on any atom is 0.238 e. The number of amides is 1. The molecule has 2 heterocycles. The van der Waals surface area contributed by atoms with Crippen molar-refractivity contribution in [2.45, 2.75) is 19.4 Å². The van der Waals surface area contributed by atoms with Gasteiger partial charge in [-0.1, -0.05) is 5.16 Å². The molecule has 1 aliphatic rings. The van der Waals surface area contributed by atoms with Crippen molar-refractivity contribution in [1.82, 2.24) is 20.8 Å². The molecule has 2 N–H and O–H groups in total. The minimum absolute atomic E-state index is 0.0532. The Labute approximate surface area is 104 Å². The minimum Gasteiger partial charge on any atom is -0.354 e. The number of hydrogen-bond acceptors (Lipinski definition) is 6. The van der Waals surface area contributed by atoms with E-state index in [9.17, 15) is 4.79 Å². The Balaban J connectivity index is 1.69. The van der Waals surface area contributed by atoms with Crippen LogP contribution in [0.15, 0.2) is 4.52 Å². The normalized spacial score (nSPS) is 20.2. The van der Waals surface area contributed by atoms with Crippen LogP contribution in [0.3, 0.4) is 0 Å². The summed E-state index contributed by atoms with van der Waals surface area (Å²) < 4.78 is 4.85. The molecule has 1 unspecified atom stereocenters. The molecule has 1 aromatic rings. The van der Waals surface area contributed by atoms with Crippen LogP contribution >= 0.6 is 11.8 Å². The number of nitrogens with one attached hydrogen (secondary N) is 2. The van der Waals surface area contributed by atoms with Crippen molar-refractivity contribution in [2.24, 2.45) is 0 Å². The summed E-state index contributed by atoms with van der Waals surface area (Å²) in [4.78, 5) is 15.8. The van der Waals surface area contributed by atoms with Gasteiger partial charge in [0.2, 0.25) is 11.8 Å². The van der Waals surface area contributed by atoms with Gasteiger partial charge in [-0.2, -0.15) is 16.7 Å². The number of aryl methyl sites for hydroxylation is 1. The van der Waals surface area contributed by atoms with Gasteiger partial charge in [0.1, 0.15) is 0 Å². The lowest BCUT2D eigenvalue weighted by Crippen LogP contribution is -2.49. The molecule has 2 rings (SSSR count). The van der Waals surface area contributed by atoms with Crippen LogP contribution < -0.4 is 10.6 Å². The zero-order valence-corrected chi connectivity index (χ0v) is 10.5. The number of aromatic nitrogens is 2. The van der Waals surface area contributed by atoms with Crippen LogP contribution in [0.1, 0.15) is 11.7 Å². The molecule has 0 aliphatic carbocycles. The first-order chi connectivity index (χ1) is 8.25. The highest BCUT2D eigenvalue weighted by Crippen LogP contribution is 2.07. The lowest BCUT2D eigenvalue weighted by Gasteiger charge is -2.21. The molecule has 0 spiro atoms. The van der Waals surface area contributed by atoms with Gasteiger partial charge in [0, 0.05) is 37.9 Å². The van der Waals surface area contributed by atoms with E-state index in [0.29, 0.717) is 24.7 Å². The molecular weight excluding hydrogens is 240 g/mol. The summed E-state index contributed by atoms with van der Waals surface area (Å²) >= 11 is 1.80. The SMILES string of the molecule is Cc1nc(CCNC(=O)C2CSCCN2)no1. The van der Waals surface area contributed by atoms with E-state index in [4.69, 9.17) is 4.52 Å². The number of carbonyl (C=O) groups is 1. The molecule has 1 saturated heterocycles. The molecule has 0 radical (unpaired) electrons. The Bertz CT molecular complexity index is 376. The van der Waals surface area contributed by atoms with Gasteiger partial charge in [0.05, 0.1) is 6.04 Å². The highest BCUT2D eigenvalue weighted by molar-refractivity contribution is 7.99. The molecule has 1 aliphatic heterocycles. The third-order valence-corrected chi connectivity index (χ3v) is 3.52. The third-order valence-electron chi connectivity index (χ3n) is 2.46. The molecule has 1 aromatic heterocycles. The van der Waals surface area contributed by atoms with Crippen LogP contribution in [-0.4, -0.2) is 46.7 Å². The molecule has 0 bridgehead atoms. The van der Waals surface area contributed by atoms with Crippen molar-refractivity contribution < 1.29 is 9.32 Å². The van der Waals surface area contributed by atoms with Crippen molar-refractivity contribution in [3.8, 4) is 0 Å². The van der Waals surface area contributed by atoms with E-state index in [0.717, 1.165) is 18.1 Å². The van der Waals surface area contributed by atoms with Crippen molar-refractivity contribution in [3.05, 3.63) is 11.7 Å². The first-order valence-electron chi connectivity index (χ1n) is 5.64. The summed E-state index contributed by atoms with van der Waals surface area (Å²) in [7, 11) is 0. The molecule has 6 nitrogen and oxygen atoms in total.